The Labute approximate surface area is 150 Å². The molecule has 0 heterocycles. The van der Waals surface area contributed by atoms with Crippen molar-refractivity contribution in [3.63, 3.8) is 0 Å². The average Bonchev–Trinajstić information content (AvgIpc) is 2.52. The van der Waals surface area contributed by atoms with Crippen molar-refractivity contribution in [2.24, 2.45) is 5.41 Å². The largest absolute Gasteiger partial charge is 0.203 e. The Hall–Kier alpha value is -1.06. The molecule has 0 amide bonds. The van der Waals surface area contributed by atoms with E-state index in [0.29, 0.717) is 25.7 Å². The van der Waals surface area contributed by atoms with Crippen molar-refractivity contribution >= 4 is 0 Å². The van der Waals surface area contributed by atoms with Gasteiger partial charge in [-0.2, -0.15) is 0 Å². The van der Waals surface area contributed by atoms with Crippen LogP contribution in [-0.2, 0) is 10.8 Å². The van der Waals surface area contributed by atoms with Crippen molar-refractivity contribution < 1.29 is 17.6 Å². The zero-order valence-electron chi connectivity index (χ0n) is 16.8. The number of halogens is 4. The third-order valence-corrected chi connectivity index (χ3v) is 6.38. The van der Waals surface area contributed by atoms with Crippen LogP contribution in [0.1, 0.15) is 92.2 Å². The molecule has 1 unspecified atom stereocenters. The van der Waals surface area contributed by atoms with Gasteiger partial charge in [0.1, 0.15) is 0 Å². The summed E-state index contributed by atoms with van der Waals surface area (Å²) in [5.41, 5.74) is -3.47. The predicted molar refractivity (Wildman–Crippen MR) is 95.9 cm³/mol. The zero-order chi connectivity index (χ0) is 19.8. The van der Waals surface area contributed by atoms with E-state index in [9.17, 15) is 8.78 Å². The maximum absolute atomic E-state index is 15.1. The van der Waals surface area contributed by atoms with Crippen LogP contribution in [0.15, 0.2) is 0 Å². The highest BCUT2D eigenvalue weighted by molar-refractivity contribution is 5.39. The minimum atomic E-state index is -1.24. The average molecular weight is 360 g/mol. The van der Waals surface area contributed by atoms with Gasteiger partial charge >= 0.3 is 0 Å². The van der Waals surface area contributed by atoms with E-state index in [1.165, 1.54) is 0 Å². The molecule has 25 heavy (non-hydrogen) atoms. The number of hydrogen-bond donors (Lipinski definition) is 0. The lowest BCUT2D eigenvalue weighted by Crippen LogP contribution is -2.40. The maximum atomic E-state index is 15.1. The summed E-state index contributed by atoms with van der Waals surface area (Å²) in [7, 11) is 0. The molecule has 0 aromatic heterocycles. The van der Waals surface area contributed by atoms with Gasteiger partial charge in [0, 0.05) is 16.5 Å². The van der Waals surface area contributed by atoms with Crippen LogP contribution in [0.2, 0.25) is 0 Å². The number of hydrogen-bond acceptors (Lipinski definition) is 0. The molecule has 0 fully saturated rings. The maximum Gasteiger partial charge on any atom is 0.166 e. The standard InChI is InChI=1S/C21H32F4/c1-9-12-21(8,19(4,5)6)14-17(24)15(22)13(16(23)18(14)25)20(7,10-2)11-3/h9-12H2,1-8H3. The van der Waals surface area contributed by atoms with E-state index >= 15 is 8.78 Å². The van der Waals surface area contributed by atoms with E-state index in [0.717, 1.165) is 0 Å². The van der Waals surface area contributed by atoms with Crippen LogP contribution >= 0.6 is 0 Å². The van der Waals surface area contributed by atoms with Gasteiger partial charge in [0.25, 0.3) is 0 Å². The Bertz CT molecular complexity index is 595. The molecule has 0 aliphatic carbocycles. The molecule has 0 aliphatic heterocycles. The van der Waals surface area contributed by atoms with Gasteiger partial charge in [-0.1, -0.05) is 61.8 Å². The molecule has 4 heteroatoms. The molecule has 0 nitrogen and oxygen atoms in total. The van der Waals surface area contributed by atoms with Crippen molar-refractivity contribution in [3.05, 3.63) is 34.4 Å². The van der Waals surface area contributed by atoms with Gasteiger partial charge in [-0.25, -0.2) is 17.6 Å². The number of rotatable bonds is 6. The molecule has 144 valence electrons. The van der Waals surface area contributed by atoms with Gasteiger partial charge in [-0.05, 0) is 30.1 Å². The summed E-state index contributed by atoms with van der Waals surface area (Å²) < 4.78 is 60.0. The highest BCUT2D eigenvalue weighted by Crippen LogP contribution is 2.49. The third-order valence-electron chi connectivity index (χ3n) is 6.38. The van der Waals surface area contributed by atoms with Crippen LogP contribution in [0.3, 0.4) is 0 Å². The van der Waals surface area contributed by atoms with Gasteiger partial charge < -0.3 is 0 Å². The lowest BCUT2D eigenvalue weighted by atomic mass is 9.61. The first-order valence-electron chi connectivity index (χ1n) is 9.19. The molecule has 0 saturated heterocycles. The van der Waals surface area contributed by atoms with Crippen LogP contribution in [0.4, 0.5) is 17.6 Å². The Balaban J connectivity index is 3.91. The normalized spacial score (nSPS) is 15.4. The summed E-state index contributed by atoms with van der Waals surface area (Å²) in [6.45, 7) is 14.3. The summed E-state index contributed by atoms with van der Waals surface area (Å²) >= 11 is 0. The lowest BCUT2D eigenvalue weighted by Gasteiger charge is -2.43. The first kappa shape index (κ1) is 22.0. The SMILES string of the molecule is CCCC(C)(c1c(F)c(F)c(C(C)(CC)CC)c(F)c1F)C(C)(C)C. The van der Waals surface area contributed by atoms with E-state index in [2.05, 4.69) is 0 Å². The van der Waals surface area contributed by atoms with E-state index in [1.54, 1.807) is 27.7 Å². The molecule has 0 radical (unpaired) electrons. The fraction of sp³-hybridized carbons (Fsp3) is 0.714. The van der Waals surface area contributed by atoms with E-state index in [1.807, 2.05) is 27.7 Å². The molecule has 1 aromatic rings. The quantitative estimate of drug-likeness (QED) is 0.365. The second kappa shape index (κ2) is 7.28. The minimum Gasteiger partial charge on any atom is -0.203 e. The predicted octanol–water partition coefficient (Wildman–Crippen LogP) is 7.42. The molecule has 0 bridgehead atoms. The van der Waals surface area contributed by atoms with Gasteiger partial charge in [-0.15, -0.1) is 0 Å². The fourth-order valence-electron chi connectivity index (χ4n) is 3.62. The molecule has 1 rings (SSSR count). The first-order chi connectivity index (χ1) is 11.3. The van der Waals surface area contributed by atoms with Gasteiger partial charge in [0.15, 0.2) is 23.3 Å². The molecule has 0 spiro atoms. The third kappa shape index (κ3) is 3.46. The summed E-state index contributed by atoms with van der Waals surface area (Å²) in [5.74, 6) is -4.97. The van der Waals surface area contributed by atoms with E-state index in [-0.39, 0.29) is 0 Å². The molecule has 0 aliphatic rings. The molecular weight excluding hydrogens is 328 g/mol. The van der Waals surface area contributed by atoms with Crippen LogP contribution < -0.4 is 0 Å². The summed E-state index contributed by atoms with van der Waals surface area (Å²) in [6, 6.07) is 0. The second-order valence-corrected chi connectivity index (χ2v) is 8.61. The topological polar surface area (TPSA) is 0 Å². The molecular formula is C21H32F4. The van der Waals surface area contributed by atoms with Crippen LogP contribution in [0.5, 0.6) is 0 Å². The van der Waals surface area contributed by atoms with Gasteiger partial charge in [-0.3, -0.25) is 0 Å². The van der Waals surface area contributed by atoms with Crippen molar-refractivity contribution in [1.82, 2.24) is 0 Å². The Morgan fingerprint density at radius 1 is 0.640 bits per heavy atom. The number of benzene rings is 1. The fourth-order valence-corrected chi connectivity index (χ4v) is 3.62. The molecule has 0 N–H and O–H groups in total. The van der Waals surface area contributed by atoms with Crippen LogP contribution in [-0.4, -0.2) is 0 Å². The smallest absolute Gasteiger partial charge is 0.166 e. The van der Waals surface area contributed by atoms with Gasteiger partial charge in [0.2, 0.25) is 0 Å². The van der Waals surface area contributed by atoms with Gasteiger partial charge in [0.05, 0.1) is 0 Å². The van der Waals surface area contributed by atoms with E-state index < -0.39 is 50.6 Å². The second-order valence-electron chi connectivity index (χ2n) is 8.61. The molecule has 1 aromatic carbocycles. The van der Waals surface area contributed by atoms with Crippen molar-refractivity contribution in [2.45, 2.75) is 91.9 Å². The first-order valence-corrected chi connectivity index (χ1v) is 9.19. The summed E-state index contributed by atoms with van der Waals surface area (Å²) in [4.78, 5) is 0. The van der Waals surface area contributed by atoms with Crippen molar-refractivity contribution in [3.8, 4) is 0 Å². The minimum absolute atomic E-state index is 0.390. The monoisotopic (exact) mass is 360 g/mol. The van der Waals surface area contributed by atoms with Crippen LogP contribution in [0, 0.1) is 28.7 Å². The highest BCUT2D eigenvalue weighted by Gasteiger charge is 2.46. The molecule has 1 atom stereocenters. The summed E-state index contributed by atoms with van der Waals surface area (Å²) in [5, 5.41) is 0. The Morgan fingerprint density at radius 2 is 1.00 bits per heavy atom. The molecule has 0 saturated carbocycles. The van der Waals surface area contributed by atoms with Crippen molar-refractivity contribution in [2.75, 3.05) is 0 Å². The Kier molecular flexibility index (Phi) is 6.40. The lowest BCUT2D eigenvalue weighted by molar-refractivity contribution is 0.171. The van der Waals surface area contributed by atoms with Crippen LogP contribution in [0.25, 0.3) is 0 Å². The Morgan fingerprint density at radius 3 is 1.28 bits per heavy atom. The van der Waals surface area contributed by atoms with E-state index in [4.69, 9.17) is 0 Å². The zero-order valence-corrected chi connectivity index (χ0v) is 16.8. The van der Waals surface area contributed by atoms with Crippen molar-refractivity contribution in [1.29, 1.82) is 0 Å². The summed E-state index contributed by atoms with van der Waals surface area (Å²) in [6.07, 6.45) is 1.86. The highest BCUT2D eigenvalue weighted by atomic mass is 19.2.